The third-order valence-electron chi connectivity index (χ3n) is 4.62. The molecule has 0 saturated heterocycles. The quantitative estimate of drug-likeness (QED) is 0.323. The van der Waals surface area contributed by atoms with Crippen molar-refractivity contribution in [2.24, 2.45) is 5.10 Å². The summed E-state index contributed by atoms with van der Waals surface area (Å²) in [5.41, 5.74) is 5.01. The van der Waals surface area contributed by atoms with Crippen molar-refractivity contribution in [2.75, 3.05) is 0 Å². The van der Waals surface area contributed by atoms with Crippen LogP contribution in [0, 0.1) is 0 Å². The van der Waals surface area contributed by atoms with Crippen molar-refractivity contribution in [3.8, 4) is 0 Å². The molecule has 4 aromatic rings. The van der Waals surface area contributed by atoms with Crippen LogP contribution in [0.15, 0.2) is 94.8 Å². The monoisotopic (exact) mass is 381 g/mol. The van der Waals surface area contributed by atoms with Crippen LogP contribution in [0.1, 0.15) is 5.56 Å². The number of hydrazone groups is 1. The maximum atomic E-state index is 12.7. The SMILES string of the molecule is O=C(Cn1c2ccccc2c(=O)c2ccccc21)NN=CC=Cc1ccccc1. The Balaban J connectivity index is 1.56. The summed E-state index contributed by atoms with van der Waals surface area (Å²) in [6, 6.07) is 24.5. The van der Waals surface area contributed by atoms with E-state index in [0.717, 1.165) is 16.6 Å². The lowest BCUT2D eigenvalue weighted by atomic mass is 10.1. The van der Waals surface area contributed by atoms with E-state index in [1.807, 2.05) is 77.4 Å². The van der Waals surface area contributed by atoms with Crippen LogP contribution >= 0.6 is 0 Å². The number of allylic oxidation sites excluding steroid dienone is 1. The zero-order chi connectivity index (χ0) is 20.1. The first-order chi connectivity index (χ1) is 14.2. The van der Waals surface area contributed by atoms with Gasteiger partial charge in [0.15, 0.2) is 5.43 Å². The van der Waals surface area contributed by atoms with Gasteiger partial charge < -0.3 is 4.57 Å². The number of carbonyl (C=O) groups excluding carboxylic acids is 1. The second-order valence-corrected chi connectivity index (χ2v) is 6.53. The van der Waals surface area contributed by atoms with Gasteiger partial charge in [-0.1, -0.05) is 60.7 Å². The summed E-state index contributed by atoms with van der Waals surface area (Å²) in [4.78, 5) is 25.2. The van der Waals surface area contributed by atoms with Crippen LogP contribution in [0.3, 0.4) is 0 Å². The molecule has 0 bridgehead atoms. The van der Waals surface area contributed by atoms with Crippen LogP contribution in [-0.2, 0) is 11.3 Å². The highest BCUT2D eigenvalue weighted by atomic mass is 16.2. The van der Waals surface area contributed by atoms with Crippen LogP contribution in [0.4, 0.5) is 0 Å². The lowest BCUT2D eigenvalue weighted by Crippen LogP contribution is -2.24. The van der Waals surface area contributed by atoms with Crippen LogP contribution in [0.25, 0.3) is 27.9 Å². The minimum atomic E-state index is -0.270. The Morgan fingerprint density at radius 3 is 2.10 bits per heavy atom. The summed E-state index contributed by atoms with van der Waals surface area (Å²) in [5.74, 6) is -0.270. The Morgan fingerprint density at radius 2 is 1.45 bits per heavy atom. The molecule has 1 N–H and O–H groups in total. The molecule has 0 aliphatic rings. The van der Waals surface area contributed by atoms with Crippen LogP contribution in [0.2, 0.25) is 0 Å². The average molecular weight is 381 g/mol. The maximum Gasteiger partial charge on any atom is 0.260 e. The number of amides is 1. The highest BCUT2D eigenvalue weighted by Gasteiger charge is 2.12. The molecule has 1 heterocycles. The lowest BCUT2D eigenvalue weighted by Gasteiger charge is -2.14. The molecule has 4 rings (SSSR count). The van der Waals surface area contributed by atoms with Gasteiger partial charge in [-0.3, -0.25) is 9.59 Å². The molecule has 1 aromatic heterocycles. The number of aromatic nitrogens is 1. The third kappa shape index (κ3) is 3.99. The van der Waals surface area contributed by atoms with Crippen molar-refractivity contribution in [3.63, 3.8) is 0 Å². The first kappa shape index (κ1) is 18.4. The number of carbonyl (C=O) groups is 1. The summed E-state index contributed by atoms with van der Waals surface area (Å²) in [7, 11) is 0. The standard InChI is InChI=1S/C24H19N3O2/c28-23(26-25-16-8-11-18-9-2-1-3-10-18)17-27-21-14-6-4-12-19(21)24(29)20-13-5-7-15-22(20)27/h1-16H,17H2,(H,26,28). The predicted molar refractivity (Wildman–Crippen MR) is 118 cm³/mol. The van der Waals surface area contributed by atoms with E-state index in [2.05, 4.69) is 10.5 Å². The van der Waals surface area contributed by atoms with E-state index >= 15 is 0 Å². The van der Waals surface area contributed by atoms with Crippen molar-refractivity contribution in [3.05, 3.63) is 101 Å². The second-order valence-electron chi connectivity index (χ2n) is 6.53. The fraction of sp³-hybridized carbons (Fsp3) is 0.0417. The first-order valence-corrected chi connectivity index (χ1v) is 9.28. The predicted octanol–water partition coefficient (Wildman–Crippen LogP) is 3.97. The van der Waals surface area contributed by atoms with E-state index < -0.39 is 0 Å². The van der Waals surface area contributed by atoms with E-state index in [4.69, 9.17) is 0 Å². The van der Waals surface area contributed by atoms with Crippen LogP contribution < -0.4 is 10.9 Å². The minimum absolute atomic E-state index is 0.0306. The molecule has 1 amide bonds. The maximum absolute atomic E-state index is 12.7. The fourth-order valence-corrected chi connectivity index (χ4v) is 3.30. The van der Waals surface area contributed by atoms with Crippen LogP contribution in [0.5, 0.6) is 0 Å². The lowest BCUT2D eigenvalue weighted by molar-refractivity contribution is -0.121. The van der Waals surface area contributed by atoms with Gasteiger partial charge in [-0.2, -0.15) is 5.10 Å². The summed E-state index contributed by atoms with van der Waals surface area (Å²) in [5, 5.41) is 5.16. The first-order valence-electron chi connectivity index (χ1n) is 9.28. The molecule has 0 fully saturated rings. The summed E-state index contributed by atoms with van der Waals surface area (Å²) in [6.07, 6.45) is 5.20. The normalized spacial score (nSPS) is 11.6. The average Bonchev–Trinajstić information content (AvgIpc) is 2.77. The molecule has 0 aliphatic heterocycles. The molecule has 0 radical (unpaired) electrons. The Morgan fingerprint density at radius 1 is 0.862 bits per heavy atom. The molecule has 0 unspecified atom stereocenters. The van der Waals surface area contributed by atoms with Gasteiger partial charge in [0.1, 0.15) is 6.54 Å². The van der Waals surface area contributed by atoms with E-state index in [0.29, 0.717) is 10.8 Å². The van der Waals surface area contributed by atoms with Gasteiger partial charge in [-0.15, -0.1) is 0 Å². The number of fused-ring (bicyclic) bond motifs is 2. The van der Waals surface area contributed by atoms with Crippen molar-refractivity contribution >= 4 is 40.0 Å². The molecule has 142 valence electrons. The van der Waals surface area contributed by atoms with Crippen molar-refractivity contribution in [2.45, 2.75) is 6.54 Å². The highest BCUT2D eigenvalue weighted by Crippen LogP contribution is 2.18. The Kier molecular flexibility index (Phi) is 5.29. The van der Waals surface area contributed by atoms with E-state index in [1.165, 1.54) is 6.21 Å². The van der Waals surface area contributed by atoms with Crippen molar-refractivity contribution in [1.82, 2.24) is 9.99 Å². The smallest absolute Gasteiger partial charge is 0.260 e. The summed E-state index contributed by atoms with van der Waals surface area (Å²) < 4.78 is 1.84. The number of pyridine rings is 1. The van der Waals surface area contributed by atoms with Crippen molar-refractivity contribution in [1.29, 1.82) is 0 Å². The molecular weight excluding hydrogens is 362 g/mol. The highest BCUT2D eigenvalue weighted by molar-refractivity contribution is 5.95. The van der Waals surface area contributed by atoms with Gasteiger partial charge in [0, 0.05) is 17.0 Å². The number of para-hydroxylation sites is 2. The molecule has 5 nitrogen and oxygen atoms in total. The zero-order valence-corrected chi connectivity index (χ0v) is 15.7. The van der Waals surface area contributed by atoms with Crippen molar-refractivity contribution < 1.29 is 4.79 Å². The Hall–Kier alpha value is -3.99. The molecule has 0 saturated carbocycles. The molecule has 0 spiro atoms. The molecule has 0 aliphatic carbocycles. The van der Waals surface area contributed by atoms with Gasteiger partial charge in [0.25, 0.3) is 5.91 Å². The number of rotatable bonds is 5. The van der Waals surface area contributed by atoms with Gasteiger partial charge >= 0.3 is 0 Å². The molecule has 3 aromatic carbocycles. The number of hydrogen-bond acceptors (Lipinski definition) is 3. The Bertz CT molecular complexity index is 1230. The van der Waals surface area contributed by atoms with Crippen LogP contribution in [-0.4, -0.2) is 16.7 Å². The number of benzene rings is 3. The summed E-state index contributed by atoms with van der Waals surface area (Å²) in [6.45, 7) is 0.0566. The van der Waals surface area contributed by atoms with Gasteiger partial charge in [-0.05, 0) is 35.9 Å². The van der Waals surface area contributed by atoms with Gasteiger partial charge in [-0.25, -0.2) is 5.43 Å². The van der Waals surface area contributed by atoms with Gasteiger partial charge in [0.2, 0.25) is 0 Å². The third-order valence-corrected chi connectivity index (χ3v) is 4.62. The topological polar surface area (TPSA) is 63.5 Å². The number of nitrogens with one attached hydrogen (secondary N) is 1. The zero-order valence-electron chi connectivity index (χ0n) is 15.7. The van der Waals surface area contributed by atoms with E-state index in [1.54, 1.807) is 18.2 Å². The van der Waals surface area contributed by atoms with Gasteiger partial charge in [0.05, 0.1) is 11.0 Å². The molecular formula is C24H19N3O2. The van der Waals surface area contributed by atoms with E-state index in [-0.39, 0.29) is 17.9 Å². The summed E-state index contributed by atoms with van der Waals surface area (Å²) >= 11 is 0. The molecule has 5 heteroatoms. The molecule has 0 atom stereocenters. The fourth-order valence-electron chi connectivity index (χ4n) is 3.30. The largest absolute Gasteiger partial charge is 0.331 e. The second kappa shape index (κ2) is 8.35. The Labute approximate surface area is 167 Å². The number of nitrogens with zero attached hydrogens (tertiary/aromatic N) is 2. The minimum Gasteiger partial charge on any atom is -0.331 e. The molecule has 29 heavy (non-hydrogen) atoms. The number of hydrogen-bond donors (Lipinski definition) is 1. The van der Waals surface area contributed by atoms with E-state index in [9.17, 15) is 9.59 Å².